The molecule has 1 atom stereocenters. The van der Waals surface area contributed by atoms with Gasteiger partial charge in [0.15, 0.2) is 6.10 Å². The van der Waals surface area contributed by atoms with E-state index in [1.165, 1.54) is 43.2 Å². The first-order valence-electron chi connectivity index (χ1n) is 9.35. The van der Waals surface area contributed by atoms with Gasteiger partial charge in [-0.1, -0.05) is 25.8 Å². The van der Waals surface area contributed by atoms with Gasteiger partial charge in [-0.2, -0.15) is 0 Å². The topological polar surface area (TPSA) is 29.5 Å². The number of aryl methyl sites for hydroxylation is 2. The lowest BCUT2D eigenvalue weighted by molar-refractivity contribution is -0.138. The second-order valence-corrected chi connectivity index (χ2v) is 6.89. The van der Waals surface area contributed by atoms with Crippen LogP contribution < -0.4 is 4.74 Å². The Hall–Kier alpha value is -1.51. The normalized spacial score (nSPS) is 19.6. The number of carbonyl (C=O) groups excluding carboxylic acids is 1. The van der Waals surface area contributed by atoms with E-state index in [9.17, 15) is 4.79 Å². The Labute approximate surface area is 140 Å². The molecule has 0 unspecified atom stereocenters. The van der Waals surface area contributed by atoms with Crippen LogP contribution in [0.2, 0.25) is 0 Å². The zero-order valence-corrected chi connectivity index (χ0v) is 14.4. The predicted molar refractivity (Wildman–Crippen MR) is 92.8 cm³/mol. The fourth-order valence-electron chi connectivity index (χ4n) is 3.75. The van der Waals surface area contributed by atoms with Crippen LogP contribution in [0.4, 0.5) is 0 Å². The van der Waals surface area contributed by atoms with Crippen molar-refractivity contribution in [3.63, 3.8) is 0 Å². The molecule has 0 saturated carbocycles. The maximum atomic E-state index is 12.8. The number of fused-ring (bicyclic) bond motifs is 1. The van der Waals surface area contributed by atoms with Crippen LogP contribution in [0.15, 0.2) is 18.2 Å². The van der Waals surface area contributed by atoms with Crippen LogP contribution in [0.1, 0.15) is 63.0 Å². The summed E-state index contributed by atoms with van der Waals surface area (Å²) < 4.78 is 6.09. The molecule has 2 aliphatic rings. The van der Waals surface area contributed by atoms with Crippen LogP contribution in [-0.2, 0) is 17.6 Å². The Kier molecular flexibility index (Phi) is 5.58. The Balaban J connectivity index is 1.67. The third-order valence-corrected chi connectivity index (χ3v) is 5.16. The molecule has 0 N–H and O–H groups in total. The summed E-state index contributed by atoms with van der Waals surface area (Å²) in [5, 5.41) is 0. The first-order chi connectivity index (χ1) is 11.3. The molecule has 1 aliphatic carbocycles. The Bertz CT molecular complexity index is 532. The maximum Gasteiger partial charge on any atom is 0.263 e. The van der Waals surface area contributed by atoms with Crippen molar-refractivity contribution in [2.45, 2.75) is 70.8 Å². The van der Waals surface area contributed by atoms with Crippen LogP contribution in [-0.4, -0.2) is 30.0 Å². The van der Waals surface area contributed by atoms with Crippen molar-refractivity contribution in [3.05, 3.63) is 29.3 Å². The number of benzene rings is 1. The lowest BCUT2D eigenvalue weighted by Gasteiger charge is -2.26. The largest absolute Gasteiger partial charge is 0.481 e. The van der Waals surface area contributed by atoms with Crippen LogP contribution in [0, 0.1) is 0 Å². The number of hydrogen-bond donors (Lipinski definition) is 0. The van der Waals surface area contributed by atoms with Crippen LogP contribution in [0.3, 0.4) is 0 Å². The van der Waals surface area contributed by atoms with Crippen LogP contribution >= 0.6 is 0 Å². The number of ether oxygens (including phenoxy) is 1. The van der Waals surface area contributed by atoms with E-state index in [2.05, 4.69) is 12.1 Å². The molecule has 126 valence electrons. The average Bonchev–Trinajstić information content (AvgIpc) is 2.88. The molecule has 23 heavy (non-hydrogen) atoms. The van der Waals surface area contributed by atoms with Gasteiger partial charge in [0.25, 0.3) is 5.91 Å². The molecule has 1 aliphatic heterocycles. The summed E-state index contributed by atoms with van der Waals surface area (Å²) in [6.45, 7) is 3.82. The first-order valence-corrected chi connectivity index (χ1v) is 9.35. The molecule has 3 nitrogen and oxygen atoms in total. The Morgan fingerprint density at radius 2 is 1.74 bits per heavy atom. The van der Waals surface area contributed by atoms with Crippen molar-refractivity contribution in [2.75, 3.05) is 13.1 Å². The highest BCUT2D eigenvalue weighted by molar-refractivity contribution is 5.81. The van der Waals surface area contributed by atoms with E-state index >= 15 is 0 Å². The molecule has 0 radical (unpaired) electrons. The molecule has 1 heterocycles. The summed E-state index contributed by atoms with van der Waals surface area (Å²) in [6.07, 6.45) is 10.0. The molecular weight excluding hydrogens is 286 g/mol. The number of hydrogen-bond acceptors (Lipinski definition) is 2. The molecule has 0 aromatic heterocycles. The average molecular weight is 315 g/mol. The fraction of sp³-hybridized carbons (Fsp3) is 0.650. The maximum absolute atomic E-state index is 12.8. The first kappa shape index (κ1) is 16.4. The lowest BCUT2D eigenvalue weighted by Crippen LogP contribution is -2.42. The molecule has 1 fully saturated rings. The summed E-state index contributed by atoms with van der Waals surface area (Å²) >= 11 is 0. The van der Waals surface area contributed by atoms with Gasteiger partial charge in [-0.25, -0.2) is 0 Å². The van der Waals surface area contributed by atoms with E-state index in [0.717, 1.165) is 44.5 Å². The van der Waals surface area contributed by atoms with Gasteiger partial charge >= 0.3 is 0 Å². The molecule has 1 aromatic rings. The Morgan fingerprint density at radius 1 is 1.04 bits per heavy atom. The van der Waals surface area contributed by atoms with E-state index in [1.807, 2.05) is 17.9 Å². The van der Waals surface area contributed by atoms with Gasteiger partial charge in [-0.05, 0) is 68.2 Å². The number of amides is 1. The SMILES string of the molecule is CC[C@H](Oc1ccc2c(c1)CCCC2)C(=O)N1CCCCCC1. The van der Waals surface area contributed by atoms with Gasteiger partial charge in [0.2, 0.25) is 0 Å². The van der Waals surface area contributed by atoms with Gasteiger partial charge in [-0.15, -0.1) is 0 Å². The highest BCUT2D eigenvalue weighted by Crippen LogP contribution is 2.26. The van der Waals surface area contributed by atoms with Gasteiger partial charge in [0, 0.05) is 13.1 Å². The summed E-state index contributed by atoms with van der Waals surface area (Å²) in [5.41, 5.74) is 2.86. The van der Waals surface area contributed by atoms with Gasteiger partial charge in [0.05, 0.1) is 0 Å². The monoisotopic (exact) mass is 315 g/mol. The third-order valence-electron chi connectivity index (χ3n) is 5.16. The highest BCUT2D eigenvalue weighted by atomic mass is 16.5. The van der Waals surface area contributed by atoms with Crippen LogP contribution in [0.25, 0.3) is 0 Å². The van der Waals surface area contributed by atoms with E-state index in [1.54, 1.807) is 0 Å². The minimum Gasteiger partial charge on any atom is -0.481 e. The van der Waals surface area contributed by atoms with Crippen LogP contribution in [0.5, 0.6) is 5.75 Å². The second kappa shape index (κ2) is 7.85. The third kappa shape index (κ3) is 4.07. The predicted octanol–water partition coefficient (Wildman–Crippen LogP) is 4.13. The molecule has 1 amide bonds. The minimum atomic E-state index is -0.338. The summed E-state index contributed by atoms with van der Waals surface area (Å²) in [6, 6.07) is 6.39. The van der Waals surface area contributed by atoms with E-state index in [0.29, 0.717) is 0 Å². The summed E-state index contributed by atoms with van der Waals surface area (Å²) in [5.74, 6) is 1.03. The number of rotatable bonds is 4. The molecular formula is C20H29NO2. The Morgan fingerprint density at radius 3 is 2.43 bits per heavy atom. The molecule has 3 heteroatoms. The van der Waals surface area contributed by atoms with Crippen molar-refractivity contribution < 1.29 is 9.53 Å². The minimum absolute atomic E-state index is 0.173. The van der Waals surface area contributed by atoms with Crippen molar-refractivity contribution in [3.8, 4) is 5.75 Å². The number of carbonyl (C=O) groups is 1. The quantitative estimate of drug-likeness (QED) is 0.836. The van der Waals surface area contributed by atoms with Gasteiger partial charge < -0.3 is 9.64 Å². The van der Waals surface area contributed by atoms with E-state index < -0.39 is 0 Å². The molecule has 3 rings (SSSR count). The van der Waals surface area contributed by atoms with Crippen molar-refractivity contribution >= 4 is 5.91 Å². The van der Waals surface area contributed by atoms with E-state index in [4.69, 9.17) is 4.74 Å². The smallest absolute Gasteiger partial charge is 0.263 e. The zero-order chi connectivity index (χ0) is 16.1. The summed E-state index contributed by atoms with van der Waals surface area (Å²) in [7, 11) is 0. The standard InChI is InChI=1S/C20H29NO2/c1-2-19(20(22)21-13-7-3-4-8-14-21)23-18-12-11-16-9-5-6-10-17(16)15-18/h11-12,15,19H,2-10,13-14H2,1H3/t19-/m0/s1. The lowest BCUT2D eigenvalue weighted by atomic mass is 9.92. The van der Waals surface area contributed by atoms with Gasteiger partial charge in [-0.3, -0.25) is 4.79 Å². The molecule has 1 aromatic carbocycles. The molecule has 0 spiro atoms. The second-order valence-electron chi connectivity index (χ2n) is 6.89. The fourth-order valence-corrected chi connectivity index (χ4v) is 3.75. The van der Waals surface area contributed by atoms with E-state index in [-0.39, 0.29) is 12.0 Å². The highest BCUT2D eigenvalue weighted by Gasteiger charge is 2.25. The zero-order valence-electron chi connectivity index (χ0n) is 14.4. The number of nitrogens with zero attached hydrogens (tertiary/aromatic N) is 1. The molecule has 1 saturated heterocycles. The number of likely N-dealkylation sites (tertiary alicyclic amines) is 1. The van der Waals surface area contributed by atoms with Gasteiger partial charge in [0.1, 0.15) is 5.75 Å². The van der Waals surface area contributed by atoms with Crippen molar-refractivity contribution in [1.29, 1.82) is 0 Å². The summed E-state index contributed by atoms with van der Waals surface area (Å²) in [4.78, 5) is 14.8. The molecule has 0 bridgehead atoms. The van der Waals surface area contributed by atoms with Crippen molar-refractivity contribution in [2.24, 2.45) is 0 Å². The van der Waals surface area contributed by atoms with Crippen molar-refractivity contribution in [1.82, 2.24) is 4.90 Å².